The number of aliphatic carboxylic acids is 1. The van der Waals surface area contributed by atoms with Crippen molar-refractivity contribution in [2.24, 2.45) is 0 Å². The second kappa shape index (κ2) is 49.7. The van der Waals surface area contributed by atoms with E-state index in [0.717, 1.165) is 64.2 Å². The minimum absolute atomic E-state index is 0.0393. The molecule has 0 fully saturated rings. The molecule has 0 saturated heterocycles. The summed E-state index contributed by atoms with van der Waals surface area (Å²) in [4.78, 5) is 37.1. The number of allylic oxidation sites excluding steroid dienone is 8. The fraction of sp³-hybridized carbons (Fsp3) is 0.814. The van der Waals surface area contributed by atoms with Crippen molar-refractivity contribution in [1.29, 1.82) is 0 Å². The summed E-state index contributed by atoms with van der Waals surface area (Å²) in [7, 11) is 5.42. The zero-order chi connectivity index (χ0) is 49.2. The molecule has 0 N–H and O–H groups in total. The molecular formula is C59H107NO7. The number of quaternary nitrogens is 1. The highest BCUT2D eigenvalue weighted by Crippen LogP contribution is 2.16. The molecule has 2 atom stereocenters. The van der Waals surface area contributed by atoms with Crippen LogP contribution >= 0.6 is 0 Å². The number of carbonyl (C=O) groups excluding carboxylic acids is 3. The van der Waals surface area contributed by atoms with Crippen molar-refractivity contribution in [3.8, 4) is 0 Å². The van der Waals surface area contributed by atoms with Gasteiger partial charge in [0.2, 0.25) is 0 Å². The summed E-state index contributed by atoms with van der Waals surface area (Å²) >= 11 is 0. The van der Waals surface area contributed by atoms with Gasteiger partial charge in [0.1, 0.15) is 12.6 Å². The lowest BCUT2D eigenvalue weighted by Crippen LogP contribution is -2.55. The van der Waals surface area contributed by atoms with Gasteiger partial charge in [-0.1, -0.05) is 217 Å². The van der Waals surface area contributed by atoms with Crippen LogP contribution in [0.3, 0.4) is 0 Å². The van der Waals surface area contributed by atoms with Gasteiger partial charge in [-0.2, -0.15) is 0 Å². The summed E-state index contributed by atoms with van der Waals surface area (Å²) in [6, 6.07) is -0.728. The number of rotatable bonds is 51. The first-order valence-electron chi connectivity index (χ1n) is 28.2. The minimum Gasteiger partial charge on any atom is -0.544 e. The molecule has 8 nitrogen and oxygen atoms in total. The Hall–Kier alpha value is -2.71. The van der Waals surface area contributed by atoms with Crippen LogP contribution in [0.5, 0.6) is 0 Å². The topological polar surface area (TPSA) is 102 Å². The van der Waals surface area contributed by atoms with Gasteiger partial charge in [-0.15, -0.1) is 0 Å². The molecule has 0 rings (SSSR count). The minimum atomic E-state index is -1.12. The molecule has 8 heteroatoms. The Labute approximate surface area is 414 Å². The second-order valence-corrected chi connectivity index (χ2v) is 20.1. The molecule has 0 heterocycles. The molecule has 0 aromatic rings. The Morgan fingerprint density at radius 2 is 0.836 bits per heavy atom. The summed E-state index contributed by atoms with van der Waals surface area (Å²) in [5, 5.41) is 11.7. The van der Waals surface area contributed by atoms with E-state index in [4.69, 9.17) is 14.2 Å². The van der Waals surface area contributed by atoms with E-state index in [-0.39, 0.29) is 42.7 Å². The van der Waals surface area contributed by atoms with Crippen molar-refractivity contribution >= 4 is 17.9 Å². The highest BCUT2D eigenvalue weighted by molar-refractivity contribution is 5.70. The van der Waals surface area contributed by atoms with Gasteiger partial charge >= 0.3 is 11.9 Å². The molecule has 0 amide bonds. The standard InChI is InChI=1S/C59H107NO7/c1-6-8-10-12-14-16-18-20-22-24-26-28-30-31-33-35-37-39-41-43-45-47-49-57(61)66-54-55(53-65-52-51-56(59(63)64)60(3,4)5)67-58(62)50-48-46-44-42-40-38-36-34-32-29-27-25-23-21-19-17-15-13-11-9-7-2/h9,11,15,17,24,26,30-31,55-56H,6-8,10,12-14,16,18-23,25,27-29,32-54H2,1-5H3/b11-9+,17-15+,26-24+,31-30+. The van der Waals surface area contributed by atoms with Crippen molar-refractivity contribution in [2.75, 3.05) is 41.0 Å². The van der Waals surface area contributed by atoms with E-state index in [2.05, 4.69) is 62.5 Å². The van der Waals surface area contributed by atoms with E-state index in [1.807, 2.05) is 21.1 Å². The zero-order valence-electron chi connectivity index (χ0n) is 44.6. The van der Waals surface area contributed by atoms with Crippen molar-refractivity contribution in [3.05, 3.63) is 48.6 Å². The van der Waals surface area contributed by atoms with Crippen LogP contribution in [0.15, 0.2) is 48.6 Å². The number of carbonyl (C=O) groups is 3. The summed E-state index contributed by atoms with van der Waals surface area (Å²) in [5.41, 5.74) is 0. The number of carboxylic acid groups (broad SMARTS) is 1. The molecule has 67 heavy (non-hydrogen) atoms. The molecule has 0 aliphatic rings. The quantitative estimate of drug-likeness (QED) is 0.0259. The molecule has 0 radical (unpaired) electrons. The maximum atomic E-state index is 12.8. The van der Waals surface area contributed by atoms with E-state index in [9.17, 15) is 19.5 Å². The lowest BCUT2D eigenvalue weighted by Gasteiger charge is -2.34. The Morgan fingerprint density at radius 3 is 1.22 bits per heavy atom. The highest BCUT2D eigenvalue weighted by atomic mass is 16.6. The average molecular weight is 943 g/mol. The SMILES string of the molecule is CC/C=C/C/C=C/CCCCCCCCCCCCCCCCC(=O)OC(COCCC(C(=O)[O-])[N+](C)(C)C)COC(=O)CCCCCCCCC/C=C/C/C=C/CCCCCCCCCC. The summed E-state index contributed by atoms with van der Waals surface area (Å²) < 4.78 is 17.3. The number of ether oxygens (including phenoxy) is 3. The molecule has 0 bridgehead atoms. The van der Waals surface area contributed by atoms with Crippen molar-refractivity contribution in [1.82, 2.24) is 0 Å². The third-order valence-electron chi connectivity index (χ3n) is 12.7. The Morgan fingerprint density at radius 1 is 0.463 bits per heavy atom. The van der Waals surface area contributed by atoms with Gasteiger partial charge in [-0.25, -0.2) is 0 Å². The highest BCUT2D eigenvalue weighted by Gasteiger charge is 2.25. The van der Waals surface area contributed by atoms with Gasteiger partial charge in [-0.05, 0) is 70.6 Å². The Kier molecular flexibility index (Phi) is 47.7. The third-order valence-corrected chi connectivity index (χ3v) is 12.7. The van der Waals surface area contributed by atoms with Crippen LogP contribution in [0.4, 0.5) is 0 Å². The molecule has 0 aromatic heterocycles. The molecule has 2 unspecified atom stereocenters. The number of esters is 2. The molecular weight excluding hydrogens is 835 g/mol. The largest absolute Gasteiger partial charge is 0.544 e. The molecule has 0 aromatic carbocycles. The van der Waals surface area contributed by atoms with Crippen LogP contribution in [0, 0.1) is 0 Å². The van der Waals surface area contributed by atoms with Gasteiger partial charge in [0.25, 0.3) is 0 Å². The van der Waals surface area contributed by atoms with Gasteiger partial charge in [0.05, 0.1) is 40.3 Å². The summed E-state index contributed by atoms with van der Waals surface area (Å²) in [5.74, 6) is -1.73. The van der Waals surface area contributed by atoms with E-state index in [1.54, 1.807) is 0 Å². The normalized spacial score (nSPS) is 13.1. The number of hydrogen-bond donors (Lipinski definition) is 0. The van der Waals surface area contributed by atoms with Gasteiger partial charge in [0.15, 0.2) is 6.10 Å². The predicted octanol–water partition coefficient (Wildman–Crippen LogP) is 15.4. The first-order chi connectivity index (χ1) is 32.6. The van der Waals surface area contributed by atoms with Crippen LogP contribution in [0.1, 0.15) is 258 Å². The molecule has 0 saturated carbocycles. The zero-order valence-corrected chi connectivity index (χ0v) is 44.6. The van der Waals surface area contributed by atoms with Gasteiger partial charge < -0.3 is 28.6 Å². The molecule has 390 valence electrons. The number of nitrogens with zero attached hydrogens (tertiary/aromatic N) is 1. The van der Waals surface area contributed by atoms with Crippen LogP contribution < -0.4 is 5.11 Å². The van der Waals surface area contributed by atoms with Gasteiger partial charge in [0, 0.05) is 19.3 Å². The van der Waals surface area contributed by atoms with Crippen molar-refractivity contribution < 1.29 is 38.2 Å². The van der Waals surface area contributed by atoms with E-state index in [0.29, 0.717) is 12.8 Å². The van der Waals surface area contributed by atoms with E-state index < -0.39 is 18.1 Å². The van der Waals surface area contributed by atoms with E-state index in [1.165, 1.54) is 161 Å². The average Bonchev–Trinajstić information content (AvgIpc) is 3.29. The van der Waals surface area contributed by atoms with Crippen molar-refractivity contribution in [3.63, 3.8) is 0 Å². The molecule has 0 aliphatic carbocycles. The van der Waals surface area contributed by atoms with Crippen LogP contribution in [-0.4, -0.2) is 75.5 Å². The summed E-state index contributed by atoms with van der Waals surface area (Å²) in [6.45, 7) is 4.59. The third kappa shape index (κ3) is 48.1. The first kappa shape index (κ1) is 64.3. The maximum Gasteiger partial charge on any atom is 0.306 e. The van der Waals surface area contributed by atoms with Crippen LogP contribution in [0.2, 0.25) is 0 Å². The second-order valence-electron chi connectivity index (χ2n) is 20.1. The van der Waals surface area contributed by atoms with Gasteiger partial charge in [-0.3, -0.25) is 9.59 Å². The summed E-state index contributed by atoms with van der Waals surface area (Å²) in [6.07, 6.45) is 61.5. The van der Waals surface area contributed by atoms with E-state index >= 15 is 0 Å². The predicted molar refractivity (Wildman–Crippen MR) is 282 cm³/mol. The fourth-order valence-corrected chi connectivity index (χ4v) is 8.38. The van der Waals surface area contributed by atoms with Crippen molar-refractivity contribution in [2.45, 2.75) is 270 Å². The lowest BCUT2D eigenvalue weighted by atomic mass is 10.0. The number of likely N-dealkylation sites (N-methyl/N-ethyl adjacent to an activating group) is 1. The number of carboxylic acids is 1. The molecule has 0 aliphatic heterocycles. The smallest absolute Gasteiger partial charge is 0.306 e. The Balaban J connectivity index is 4.18. The maximum absolute atomic E-state index is 12.8. The first-order valence-corrected chi connectivity index (χ1v) is 28.2. The fourth-order valence-electron chi connectivity index (χ4n) is 8.38. The lowest BCUT2D eigenvalue weighted by molar-refractivity contribution is -0.889. The number of hydrogen-bond acceptors (Lipinski definition) is 7. The number of unbranched alkanes of at least 4 members (excludes halogenated alkanes) is 29. The van der Waals surface area contributed by atoms with Crippen LogP contribution in [-0.2, 0) is 28.6 Å². The van der Waals surface area contributed by atoms with Crippen LogP contribution in [0.25, 0.3) is 0 Å². The Bertz CT molecular complexity index is 1230. The monoisotopic (exact) mass is 942 g/mol. The molecule has 0 spiro atoms.